The first kappa shape index (κ1) is 9.13. The topological polar surface area (TPSA) is 64.2 Å². The van der Waals surface area contributed by atoms with Crippen LogP contribution < -0.4 is 10.9 Å². The maximum Gasteiger partial charge on any atom is 0.282 e. The minimum Gasteiger partial charge on any atom is -0.384 e. The molecular weight excluding hydrogens is 172 g/mol. The second-order valence-corrected chi connectivity index (χ2v) is 2.26. The molecule has 0 saturated heterocycles. The molecule has 0 unspecified atom stereocenters. The molecule has 0 aromatic carbocycles. The molecule has 0 aliphatic carbocycles. The summed E-state index contributed by atoms with van der Waals surface area (Å²) in [6.45, 7) is 0.00179. The van der Waals surface area contributed by atoms with Crippen LogP contribution in [0.2, 0.25) is 0 Å². The summed E-state index contributed by atoms with van der Waals surface area (Å²) in [6, 6.07) is 1.23. The average Bonchev–Trinajstić information content (AvgIpc) is 2.48. The quantitative estimate of drug-likeness (QED) is 0.619. The number of carbonyl (C=O) groups is 1. The molecule has 1 rings (SSSR count). The summed E-state index contributed by atoms with van der Waals surface area (Å²) in [5, 5.41) is 2.40. The van der Waals surface area contributed by atoms with Crippen molar-refractivity contribution in [2.24, 2.45) is 0 Å². The lowest BCUT2D eigenvalue weighted by molar-refractivity contribution is -0.122. The molecule has 0 bridgehead atoms. The van der Waals surface area contributed by atoms with Crippen molar-refractivity contribution in [3.05, 3.63) is 22.7 Å². The molecule has 1 N–H and O–H groups in total. The third kappa shape index (κ3) is 2.52. The van der Waals surface area contributed by atoms with Crippen molar-refractivity contribution in [1.29, 1.82) is 0 Å². The van der Waals surface area contributed by atoms with Crippen LogP contribution >= 0.6 is 0 Å². The third-order valence-corrected chi connectivity index (χ3v) is 1.32. The average molecular weight is 180 g/mol. The van der Waals surface area contributed by atoms with Gasteiger partial charge in [-0.1, -0.05) is 5.92 Å². The van der Waals surface area contributed by atoms with Crippen LogP contribution in [-0.2, 0) is 11.3 Å². The van der Waals surface area contributed by atoms with E-state index < -0.39 is 0 Å². The van der Waals surface area contributed by atoms with Crippen LogP contribution in [0.3, 0.4) is 0 Å². The number of nitrogens with one attached hydrogen (secondary N) is 1. The monoisotopic (exact) mass is 180 g/mol. The van der Waals surface area contributed by atoms with Crippen molar-refractivity contribution in [3.8, 4) is 12.3 Å². The molecule has 5 heteroatoms. The molecule has 1 aromatic heterocycles. The predicted molar refractivity (Wildman–Crippen MR) is 44.8 cm³/mol. The molecule has 0 radical (unpaired) electrons. The number of amides is 1. The molecule has 0 aliphatic rings. The van der Waals surface area contributed by atoms with E-state index in [4.69, 9.17) is 10.9 Å². The van der Waals surface area contributed by atoms with E-state index in [2.05, 4.69) is 11.2 Å². The van der Waals surface area contributed by atoms with Crippen LogP contribution in [0.5, 0.6) is 0 Å². The van der Waals surface area contributed by atoms with Gasteiger partial charge in [0.1, 0.15) is 12.8 Å². The molecule has 13 heavy (non-hydrogen) atoms. The SMILES string of the molecule is C#CCNC(=O)Cn1occc1=O. The standard InChI is InChI=1S/C8H8N2O3/c1-2-4-9-7(11)6-10-8(12)3-5-13-10/h1,3,5H,4,6H2,(H,9,11). The zero-order valence-electron chi connectivity index (χ0n) is 6.82. The fourth-order valence-electron chi connectivity index (χ4n) is 0.748. The Hall–Kier alpha value is -1.96. The highest BCUT2D eigenvalue weighted by Crippen LogP contribution is 1.81. The summed E-state index contributed by atoms with van der Waals surface area (Å²) in [5.41, 5.74) is -0.351. The summed E-state index contributed by atoms with van der Waals surface area (Å²) >= 11 is 0. The Labute approximate surface area is 74.3 Å². The highest BCUT2D eigenvalue weighted by atomic mass is 16.5. The maximum absolute atomic E-state index is 11.0. The Balaban J connectivity index is 2.51. The number of rotatable bonds is 3. The van der Waals surface area contributed by atoms with Gasteiger partial charge in [0, 0.05) is 6.07 Å². The third-order valence-electron chi connectivity index (χ3n) is 1.32. The van der Waals surface area contributed by atoms with E-state index in [1.807, 2.05) is 0 Å². The Morgan fingerprint density at radius 2 is 2.54 bits per heavy atom. The Morgan fingerprint density at radius 1 is 1.77 bits per heavy atom. The minimum absolute atomic E-state index is 0.145. The summed E-state index contributed by atoms with van der Waals surface area (Å²) in [6.07, 6.45) is 6.14. The molecule has 0 aliphatic heterocycles. The molecule has 1 aromatic rings. The van der Waals surface area contributed by atoms with Crippen molar-refractivity contribution in [2.45, 2.75) is 6.54 Å². The molecule has 1 amide bonds. The zero-order valence-corrected chi connectivity index (χ0v) is 6.82. The van der Waals surface area contributed by atoms with Gasteiger partial charge in [0.2, 0.25) is 5.91 Å². The van der Waals surface area contributed by atoms with E-state index in [0.29, 0.717) is 0 Å². The normalized spacial score (nSPS) is 9.15. The lowest BCUT2D eigenvalue weighted by atomic mass is 10.5. The van der Waals surface area contributed by atoms with E-state index in [1.54, 1.807) is 0 Å². The van der Waals surface area contributed by atoms with Crippen LogP contribution in [0.4, 0.5) is 0 Å². The van der Waals surface area contributed by atoms with Gasteiger partial charge in [-0.15, -0.1) is 6.42 Å². The van der Waals surface area contributed by atoms with Gasteiger partial charge >= 0.3 is 0 Å². The maximum atomic E-state index is 11.0. The smallest absolute Gasteiger partial charge is 0.282 e. The molecule has 5 nitrogen and oxygen atoms in total. The van der Waals surface area contributed by atoms with Crippen molar-refractivity contribution in [1.82, 2.24) is 10.1 Å². The van der Waals surface area contributed by atoms with E-state index >= 15 is 0 Å². The van der Waals surface area contributed by atoms with Gasteiger partial charge < -0.3 is 9.84 Å². The van der Waals surface area contributed by atoms with E-state index in [0.717, 1.165) is 4.74 Å². The molecule has 0 atom stereocenters. The second kappa shape index (κ2) is 4.16. The van der Waals surface area contributed by atoms with E-state index in [1.165, 1.54) is 12.3 Å². The summed E-state index contributed by atoms with van der Waals surface area (Å²) < 4.78 is 5.64. The largest absolute Gasteiger partial charge is 0.384 e. The highest BCUT2D eigenvalue weighted by molar-refractivity contribution is 5.75. The van der Waals surface area contributed by atoms with Crippen LogP contribution in [0.25, 0.3) is 0 Å². The van der Waals surface area contributed by atoms with Crippen LogP contribution in [-0.4, -0.2) is 17.2 Å². The second-order valence-electron chi connectivity index (χ2n) is 2.26. The zero-order chi connectivity index (χ0) is 9.68. The fraction of sp³-hybridized carbons (Fsp3) is 0.250. The Kier molecular flexibility index (Phi) is 2.92. The number of aromatic nitrogens is 1. The van der Waals surface area contributed by atoms with Gasteiger partial charge in [-0.3, -0.25) is 9.59 Å². The molecule has 68 valence electrons. The first-order valence-electron chi connectivity index (χ1n) is 3.59. The van der Waals surface area contributed by atoms with Crippen LogP contribution in [0, 0.1) is 12.3 Å². The Morgan fingerprint density at radius 3 is 3.08 bits per heavy atom. The lowest BCUT2D eigenvalue weighted by Gasteiger charge is -1.99. The number of hydrogen-bond acceptors (Lipinski definition) is 3. The predicted octanol–water partition coefficient (Wildman–Crippen LogP) is -0.809. The fourth-order valence-corrected chi connectivity index (χ4v) is 0.748. The molecule has 0 fully saturated rings. The van der Waals surface area contributed by atoms with Gasteiger partial charge in [0.25, 0.3) is 5.56 Å². The highest BCUT2D eigenvalue weighted by Gasteiger charge is 2.04. The van der Waals surface area contributed by atoms with Gasteiger partial charge in [-0.25, -0.2) is 0 Å². The Bertz CT molecular complexity index is 383. The minimum atomic E-state index is -0.352. The van der Waals surface area contributed by atoms with E-state index in [9.17, 15) is 9.59 Å². The summed E-state index contributed by atoms with van der Waals surface area (Å²) in [5.74, 6) is 1.89. The molecule has 1 heterocycles. The molecule has 0 saturated carbocycles. The summed E-state index contributed by atoms with van der Waals surface area (Å²) in [4.78, 5) is 21.9. The first-order valence-corrected chi connectivity index (χ1v) is 3.59. The van der Waals surface area contributed by atoms with Gasteiger partial charge in [-0.05, 0) is 0 Å². The van der Waals surface area contributed by atoms with Crippen LogP contribution in [0.1, 0.15) is 0 Å². The lowest BCUT2D eigenvalue weighted by Crippen LogP contribution is -2.30. The van der Waals surface area contributed by atoms with Crippen molar-refractivity contribution >= 4 is 5.91 Å². The number of hydrogen-bond donors (Lipinski definition) is 1. The van der Waals surface area contributed by atoms with Gasteiger partial charge in [-0.2, -0.15) is 4.74 Å². The first-order chi connectivity index (χ1) is 6.24. The van der Waals surface area contributed by atoms with Gasteiger partial charge in [0.15, 0.2) is 0 Å². The number of carbonyl (C=O) groups excluding carboxylic acids is 1. The summed E-state index contributed by atoms with van der Waals surface area (Å²) in [7, 11) is 0. The molecular formula is C8H8N2O3. The van der Waals surface area contributed by atoms with Crippen molar-refractivity contribution in [2.75, 3.05) is 6.54 Å². The molecule has 0 spiro atoms. The van der Waals surface area contributed by atoms with Crippen molar-refractivity contribution in [3.63, 3.8) is 0 Å². The van der Waals surface area contributed by atoms with E-state index in [-0.39, 0.29) is 24.6 Å². The number of nitrogens with zero attached hydrogens (tertiary/aromatic N) is 1. The van der Waals surface area contributed by atoms with Crippen molar-refractivity contribution < 1.29 is 9.32 Å². The number of terminal acetylenes is 1. The van der Waals surface area contributed by atoms with Crippen LogP contribution in [0.15, 0.2) is 21.6 Å². The van der Waals surface area contributed by atoms with Gasteiger partial charge in [0.05, 0.1) is 6.54 Å².